The number of methoxy groups -OCH3 is 1. The number of benzene rings is 1. The Kier molecular flexibility index (Phi) is 4.58. The van der Waals surface area contributed by atoms with Gasteiger partial charge in [-0.2, -0.15) is 5.26 Å². The van der Waals surface area contributed by atoms with E-state index < -0.39 is 5.97 Å². The van der Waals surface area contributed by atoms with E-state index in [1.807, 2.05) is 30.3 Å². The van der Waals surface area contributed by atoms with E-state index in [1.54, 1.807) is 6.07 Å². The predicted octanol–water partition coefficient (Wildman–Crippen LogP) is 1.07. The van der Waals surface area contributed by atoms with Gasteiger partial charge in [0, 0.05) is 0 Å². The normalized spacial score (nSPS) is 11.1. The van der Waals surface area contributed by atoms with Crippen LogP contribution in [-0.4, -0.2) is 13.1 Å². The molecule has 0 spiro atoms. The molecule has 0 saturated carbocycles. The molecule has 0 bridgehead atoms. The van der Waals surface area contributed by atoms with Gasteiger partial charge in [0.15, 0.2) is 5.57 Å². The number of hydrogen-bond acceptors (Lipinski definition) is 5. The van der Waals surface area contributed by atoms with Gasteiger partial charge >= 0.3 is 5.97 Å². The Hall–Kier alpha value is -2.48. The lowest BCUT2D eigenvalue weighted by atomic mass is 10.2. The summed E-state index contributed by atoms with van der Waals surface area (Å²) in [4.78, 5) is 11.5. The topological polar surface area (TPSA) is 85.3 Å². The minimum absolute atomic E-state index is 0.0852. The van der Waals surface area contributed by atoms with Crippen LogP contribution in [0.3, 0.4) is 0 Å². The standard InChI is InChI=1S/C12H12N2O3/c1-16-11(14)10(7-13)12(15)17-8-9-5-3-2-4-6-9/h2-6H,8,14H2,1H3/b11-10+. The molecule has 0 atom stereocenters. The van der Waals surface area contributed by atoms with Crippen molar-refractivity contribution in [1.82, 2.24) is 0 Å². The van der Waals surface area contributed by atoms with Crippen LogP contribution in [-0.2, 0) is 20.9 Å². The van der Waals surface area contributed by atoms with E-state index >= 15 is 0 Å². The van der Waals surface area contributed by atoms with Crippen molar-refractivity contribution in [2.45, 2.75) is 6.61 Å². The molecule has 0 amide bonds. The van der Waals surface area contributed by atoms with E-state index in [2.05, 4.69) is 4.74 Å². The molecule has 0 saturated heterocycles. The van der Waals surface area contributed by atoms with Crippen LogP contribution in [0.2, 0.25) is 0 Å². The first-order valence-electron chi connectivity index (χ1n) is 4.84. The molecule has 0 unspecified atom stereocenters. The Morgan fingerprint density at radius 2 is 2.06 bits per heavy atom. The van der Waals surface area contributed by atoms with Crippen LogP contribution >= 0.6 is 0 Å². The van der Waals surface area contributed by atoms with Gasteiger partial charge in [0.2, 0.25) is 5.88 Å². The molecule has 0 aliphatic rings. The highest BCUT2D eigenvalue weighted by Crippen LogP contribution is 2.06. The maximum atomic E-state index is 11.5. The Bertz CT molecular complexity index is 460. The van der Waals surface area contributed by atoms with Crippen molar-refractivity contribution in [3.63, 3.8) is 0 Å². The smallest absolute Gasteiger partial charge is 0.354 e. The molecule has 0 fully saturated rings. The molecule has 2 N–H and O–H groups in total. The number of ether oxygens (including phenoxy) is 2. The fourth-order valence-corrected chi connectivity index (χ4v) is 1.10. The number of hydrogen-bond donors (Lipinski definition) is 1. The van der Waals surface area contributed by atoms with Gasteiger partial charge in [-0.3, -0.25) is 0 Å². The fraction of sp³-hybridized carbons (Fsp3) is 0.167. The van der Waals surface area contributed by atoms with E-state index in [1.165, 1.54) is 7.11 Å². The number of carbonyl (C=O) groups is 1. The van der Waals surface area contributed by atoms with Crippen LogP contribution in [0.5, 0.6) is 0 Å². The molecule has 0 aliphatic heterocycles. The summed E-state index contributed by atoms with van der Waals surface area (Å²) in [7, 11) is 1.27. The second-order valence-corrected chi connectivity index (χ2v) is 3.12. The van der Waals surface area contributed by atoms with Crippen molar-refractivity contribution in [1.29, 1.82) is 5.26 Å². The molecule has 0 heterocycles. The Labute approximate surface area is 99.1 Å². The lowest BCUT2D eigenvalue weighted by molar-refractivity contribution is -0.140. The average Bonchev–Trinajstić information content (AvgIpc) is 2.38. The molecular formula is C12H12N2O3. The summed E-state index contributed by atoms with van der Waals surface area (Å²) in [5, 5.41) is 8.73. The first-order valence-corrected chi connectivity index (χ1v) is 4.84. The summed E-state index contributed by atoms with van der Waals surface area (Å²) >= 11 is 0. The quantitative estimate of drug-likeness (QED) is 0.363. The van der Waals surface area contributed by atoms with Gasteiger partial charge in [-0.05, 0) is 5.56 Å². The van der Waals surface area contributed by atoms with Crippen LogP contribution in [0, 0.1) is 11.3 Å². The van der Waals surface area contributed by atoms with Crippen molar-refractivity contribution in [3.8, 4) is 6.07 Å². The van der Waals surface area contributed by atoms with Crippen LogP contribution in [0.1, 0.15) is 5.56 Å². The fourth-order valence-electron chi connectivity index (χ4n) is 1.10. The minimum atomic E-state index is -0.796. The first kappa shape index (κ1) is 12.6. The molecule has 5 nitrogen and oxygen atoms in total. The summed E-state index contributed by atoms with van der Waals surface area (Å²) in [6.45, 7) is 0.0852. The van der Waals surface area contributed by atoms with Gasteiger partial charge in [0.25, 0.3) is 0 Å². The van der Waals surface area contributed by atoms with E-state index in [0.717, 1.165) is 5.56 Å². The summed E-state index contributed by atoms with van der Waals surface area (Å²) < 4.78 is 9.54. The zero-order valence-corrected chi connectivity index (χ0v) is 9.34. The number of carbonyl (C=O) groups excluding carboxylic acids is 1. The largest absolute Gasteiger partial charge is 0.482 e. The summed E-state index contributed by atoms with van der Waals surface area (Å²) in [6, 6.07) is 10.8. The maximum Gasteiger partial charge on any atom is 0.354 e. The lowest BCUT2D eigenvalue weighted by Gasteiger charge is -2.05. The zero-order valence-electron chi connectivity index (χ0n) is 9.34. The average molecular weight is 232 g/mol. The first-order chi connectivity index (χ1) is 8.19. The van der Waals surface area contributed by atoms with Crippen LogP contribution in [0.4, 0.5) is 0 Å². The van der Waals surface area contributed by atoms with Crippen LogP contribution in [0.15, 0.2) is 41.8 Å². The van der Waals surface area contributed by atoms with Gasteiger partial charge in [-0.1, -0.05) is 30.3 Å². The number of nitrogens with two attached hydrogens (primary N) is 1. The van der Waals surface area contributed by atoms with Crippen LogP contribution in [0.25, 0.3) is 0 Å². The van der Waals surface area contributed by atoms with E-state index in [9.17, 15) is 4.79 Å². The van der Waals surface area contributed by atoms with Crippen molar-refractivity contribution < 1.29 is 14.3 Å². The van der Waals surface area contributed by atoms with Crippen molar-refractivity contribution in [2.75, 3.05) is 7.11 Å². The van der Waals surface area contributed by atoms with Crippen molar-refractivity contribution >= 4 is 5.97 Å². The summed E-state index contributed by atoms with van der Waals surface area (Å²) in [5.74, 6) is -1.04. The molecule has 0 aromatic heterocycles. The van der Waals surface area contributed by atoms with E-state index in [0.29, 0.717) is 0 Å². The van der Waals surface area contributed by atoms with Crippen molar-refractivity contribution in [2.24, 2.45) is 5.73 Å². The summed E-state index contributed by atoms with van der Waals surface area (Å²) in [6.07, 6.45) is 0. The highest BCUT2D eigenvalue weighted by molar-refractivity contribution is 5.93. The maximum absolute atomic E-state index is 11.5. The molecule has 88 valence electrons. The predicted molar refractivity (Wildman–Crippen MR) is 60.1 cm³/mol. The molecule has 1 rings (SSSR count). The van der Waals surface area contributed by atoms with Gasteiger partial charge in [-0.25, -0.2) is 4.79 Å². The highest BCUT2D eigenvalue weighted by atomic mass is 16.5. The third-order valence-electron chi connectivity index (χ3n) is 1.99. The third-order valence-corrected chi connectivity index (χ3v) is 1.99. The zero-order chi connectivity index (χ0) is 12.7. The molecule has 1 aromatic carbocycles. The molecule has 0 aliphatic carbocycles. The monoisotopic (exact) mass is 232 g/mol. The SMILES string of the molecule is CO/C(N)=C(\C#N)C(=O)OCc1ccccc1. The second kappa shape index (κ2) is 6.18. The number of nitrogens with zero attached hydrogens (tertiary/aromatic N) is 1. The summed E-state index contributed by atoms with van der Waals surface area (Å²) in [5.41, 5.74) is 5.83. The molecule has 5 heteroatoms. The molecule has 0 radical (unpaired) electrons. The van der Waals surface area contributed by atoms with E-state index in [-0.39, 0.29) is 18.1 Å². The minimum Gasteiger partial charge on any atom is -0.482 e. The Morgan fingerprint density at radius 3 is 2.59 bits per heavy atom. The van der Waals surface area contributed by atoms with Crippen molar-refractivity contribution in [3.05, 3.63) is 47.4 Å². The van der Waals surface area contributed by atoms with Gasteiger partial charge in [-0.15, -0.1) is 0 Å². The Morgan fingerprint density at radius 1 is 1.41 bits per heavy atom. The second-order valence-electron chi connectivity index (χ2n) is 3.12. The molecule has 17 heavy (non-hydrogen) atoms. The van der Waals surface area contributed by atoms with Crippen LogP contribution < -0.4 is 5.73 Å². The lowest BCUT2D eigenvalue weighted by Crippen LogP contribution is -2.14. The number of nitriles is 1. The Balaban J connectivity index is 2.65. The van der Waals surface area contributed by atoms with Gasteiger partial charge < -0.3 is 15.2 Å². The highest BCUT2D eigenvalue weighted by Gasteiger charge is 2.15. The third kappa shape index (κ3) is 3.54. The van der Waals surface area contributed by atoms with Gasteiger partial charge in [0.1, 0.15) is 12.7 Å². The van der Waals surface area contributed by atoms with Gasteiger partial charge in [0.05, 0.1) is 7.11 Å². The number of esters is 1. The number of rotatable bonds is 4. The van der Waals surface area contributed by atoms with E-state index in [4.69, 9.17) is 15.7 Å². The molecular weight excluding hydrogens is 220 g/mol. The molecule has 1 aromatic rings.